The molecule has 1 aromatic rings. The van der Waals surface area contributed by atoms with E-state index in [1.165, 1.54) is 0 Å². The molecule has 1 atom stereocenters. The SMILES string of the molecule is CCN(CC)CC1CCOc2c(OC)cccc2C1=O. The Hall–Kier alpha value is -1.55. The van der Waals surface area contributed by atoms with Gasteiger partial charge in [-0.3, -0.25) is 4.79 Å². The van der Waals surface area contributed by atoms with E-state index in [1.54, 1.807) is 7.11 Å². The van der Waals surface area contributed by atoms with Gasteiger partial charge in [-0.1, -0.05) is 19.9 Å². The normalized spacial score (nSPS) is 18.4. The monoisotopic (exact) mass is 277 g/mol. The van der Waals surface area contributed by atoms with Crippen molar-refractivity contribution in [3.8, 4) is 11.5 Å². The number of nitrogens with zero attached hydrogens (tertiary/aromatic N) is 1. The van der Waals surface area contributed by atoms with Crippen molar-refractivity contribution in [1.82, 2.24) is 4.90 Å². The number of carbonyl (C=O) groups excluding carboxylic acids is 1. The van der Waals surface area contributed by atoms with E-state index in [0.717, 1.165) is 26.1 Å². The number of rotatable bonds is 5. The standard InChI is InChI=1S/C16H23NO3/c1-4-17(5-2)11-12-9-10-20-16-13(15(12)18)7-6-8-14(16)19-3/h6-8,12H,4-5,9-11H2,1-3H3. The zero-order chi connectivity index (χ0) is 14.5. The lowest BCUT2D eigenvalue weighted by molar-refractivity contribution is 0.0877. The summed E-state index contributed by atoms with van der Waals surface area (Å²) in [5.74, 6) is 1.41. The van der Waals surface area contributed by atoms with E-state index in [9.17, 15) is 4.79 Å². The fraction of sp³-hybridized carbons (Fsp3) is 0.562. The number of carbonyl (C=O) groups is 1. The molecule has 2 rings (SSSR count). The minimum atomic E-state index is 0.00301. The second-order valence-corrected chi connectivity index (χ2v) is 5.02. The maximum atomic E-state index is 12.7. The van der Waals surface area contributed by atoms with E-state index >= 15 is 0 Å². The summed E-state index contributed by atoms with van der Waals surface area (Å²) in [6.45, 7) is 7.53. The third-order valence-corrected chi connectivity index (χ3v) is 3.92. The largest absolute Gasteiger partial charge is 0.493 e. The van der Waals surface area contributed by atoms with Crippen molar-refractivity contribution in [3.63, 3.8) is 0 Å². The van der Waals surface area contributed by atoms with Crippen LogP contribution < -0.4 is 9.47 Å². The molecule has 0 radical (unpaired) electrons. The van der Waals surface area contributed by atoms with Crippen LogP contribution in [0.1, 0.15) is 30.6 Å². The molecule has 0 aliphatic carbocycles. The summed E-state index contributed by atoms with van der Waals surface area (Å²) >= 11 is 0. The van der Waals surface area contributed by atoms with E-state index in [0.29, 0.717) is 23.7 Å². The van der Waals surface area contributed by atoms with E-state index in [4.69, 9.17) is 9.47 Å². The first kappa shape index (κ1) is 14.9. The van der Waals surface area contributed by atoms with Crippen molar-refractivity contribution in [3.05, 3.63) is 23.8 Å². The average molecular weight is 277 g/mol. The summed E-state index contributed by atoms with van der Waals surface area (Å²) in [6, 6.07) is 5.51. The molecule has 0 spiro atoms. The molecule has 0 aromatic heterocycles. The van der Waals surface area contributed by atoms with Crippen LogP contribution in [0.3, 0.4) is 0 Å². The molecule has 1 aromatic carbocycles. The lowest BCUT2D eigenvalue weighted by Crippen LogP contribution is -2.33. The van der Waals surface area contributed by atoms with Crippen molar-refractivity contribution < 1.29 is 14.3 Å². The Morgan fingerprint density at radius 1 is 1.35 bits per heavy atom. The van der Waals surface area contributed by atoms with Gasteiger partial charge in [0, 0.05) is 12.5 Å². The minimum Gasteiger partial charge on any atom is -0.493 e. The van der Waals surface area contributed by atoms with Crippen LogP contribution in [0.5, 0.6) is 11.5 Å². The number of benzene rings is 1. The fourth-order valence-electron chi connectivity index (χ4n) is 2.64. The first-order chi connectivity index (χ1) is 9.71. The Kier molecular flexibility index (Phi) is 5.01. The molecule has 1 aliphatic heterocycles. The highest BCUT2D eigenvalue weighted by Gasteiger charge is 2.29. The molecule has 4 nitrogen and oxygen atoms in total. The second kappa shape index (κ2) is 6.75. The topological polar surface area (TPSA) is 38.8 Å². The first-order valence-electron chi connectivity index (χ1n) is 7.27. The predicted molar refractivity (Wildman–Crippen MR) is 78.7 cm³/mol. The first-order valence-corrected chi connectivity index (χ1v) is 7.27. The third-order valence-electron chi connectivity index (χ3n) is 3.92. The molecule has 110 valence electrons. The Morgan fingerprint density at radius 3 is 2.75 bits per heavy atom. The molecule has 0 bridgehead atoms. The quantitative estimate of drug-likeness (QED) is 0.829. The lowest BCUT2D eigenvalue weighted by atomic mass is 9.94. The molecule has 1 unspecified atom stereocenters. The average Bonchev–Trinajstić information content (AvgIpc) is 2.64. The molecule has 0 saturated heterocycles. The number of ketones is 1. The van der Waals surface area contributed by atoms with Crippen molar-refractivity contribution in [1.29, 1.82) is 0 Å². The number of fused-ring (bicyclic) bond motifs is 1. The van der Waals surface area contributed by atoms with Gasteiger partial charge < -0.3 is 14.4 Å². The maximum Gasteiger partial charge on any atom is 0.171 e. The van der Waals surface area contributed by atoms with Crippen molar-refractivity contribution in [2.75, 3.05) is 33.4 Å². The van der Waals surface area contributed by atoms with E-state index < -0.39 is 0 Å². The molecule has 1 heterocycles. The Morgan fingerprint density at radius 2 is 2.10 bits per heavy atom. The summed E-state index contributed by atoms with van der Waals surface area (Å²) in [5, 5.41) is 0. The summed E-state index contributed by atoms with van der Waals surface area (Å²) in [5.41, 5.74) is 0.652. The number of para-hydroxylation sites is 1. The van der Waals surface area contributed by atoms with Crippen molar-refractivity contribution in [2.24, 2.45) is 5.92 Å². The highest BCUT2D eigenvalue weighted by atomic mass is 16.5. The van der Waals surface area contributed by atoms with E-state index in [2.05, 4.69) is 18.7 Å². The molecule has 1 aliphatic rings. The highest BCUT2D eigenvalue weighted by Crippen LogP contribution is 2.35. The Balaban J connectivity index is 2.26. The molecule has 0 N–H and O–H groups in total. The van der Waals surface area contributed by atoms with Crippen LogP contribution >= 0.6 is 0 Å². The van der Waals surface area contributed by atoms with Gasteiger partial charge in [-0.2, -0.15) is 0 Å². The molecule has 4 heteroatoms. The summed E-state index contributed by atoms with van der Waals surface area (Å²) in [4.78, 5) is 15.0. The number of ether oxygens (including phenoxy) is 2. The Bertz CT molecular complexity index is 469. The maximum absolute atomic E-state index is 12.7. The van der Waals surface area contributed by atoms with Gasteiger partial charge >= 0.3 is 0 Å². The van der Waals surface area contributed by atoms with Crippen molar-refractivity contribution >= 4 is 5.78 Å². The fourth-order valence-corrected chi connectivity index (χ4v) is 2.64. The van der Waals surface area contributed by atoms with Crippen LogP contribution in [0, 0.1) is 5.92 Å². The van der Waals surface area contributed by atoms with Gasteiger partial charge in [-0.25, -0.2) is 0 Å². The van der Waals surface area contributed by atoms with Gasteiger partial charge in [0.2, 0.25) is 0 Å². The molecule has 0 fully saturated rings. The number of Topliss-reactive ketones (excluding diaryl/α,β-unsaturated/α-hetero) is 1. The van der Waals surface area contributed by atoms with Gasteiger partial charge in [-0.15, -0.1) is 0 Å². The smallest absolute Gasteiger partial charge is 0.171 e. The zero-order valence-corrected chi connectivity index (χ0v) is 12.5. The number of hydrogen-bond donors (Lipinski definition) is 0. The molecular formula is C16H23NO3. The second-order valence-electron chi connectivity index (χ2n) is 5.02. The number of methoxy groups -OCH3 is 1. The van der Waals surface area contributed by atoms with Crippen LogP contribution in [-0.4, -0.2) is 44.0 Å². The number of hydrogen-bond acceptors (Lipinski definition) is 4. The van der Waals surface area contributed by atoms with Gasteiger partial charge in [0.15, 0.2) is 17.3 Å². The van der Waals surface area contributed by atoms with Crippen molar-refractivity contribution in [2.45, 2.75) is 20.3 Å². The minimum absolute atomic E-state index is 0.00301. The predicted octanol–water partition coefficient (Wildman–Crippen LogP) is 2.62. The van der Waals surface area contributed by atoms with Gasteiger partial charge in [0.1, 0.15) is 0 Å². The van der Waals surface area contributed by atoms with Crippen LogP contribution in [0.25, 0.3) is 0 Å². The van der Waals surface area contributed by atoms with E-state index in [1.807, 2.05) is 18.2 Å². The van der Waals surface area contributed by atoms with Gasteiger partial charge in [-0.05, 0) is 31.6 Å². The third kappa shape index (κ3) is 2.96. The van der Waals surface area contributed by atoms with Crippen LogP contribution in [0.4, 0.5) is 0 Å². The Labute approximate surface area is 120 Å². The molecule has 20 heavy (non-hydrogen) atoms. The summed E-state index contributed by atoms with van der Waals surface area (Å²) in [7, 11) is 1.60. The molecule has 0 amide bonds. The molecular weight excluding hydrogens is 254 g/mol. The van der Waals surface area contributed by atoms with Crippen LogP contribution in [0.15, 0.2) is 18.2 Å². The molecule has 0 saturated carbocycles. The summed E-state index contributed by atoms with van der Waals surface area (Å²) in [6.07, 6.45) is 0.757. The van der Waals surface area contributed by atoms with Gasteiger partial charge in [0.05, 0.1) is 19.3 Å². The van der Waals surface area contributed by atoms with Crippen LogP contribution in [0.2, 0.25) is 0 Å². The lowest BCUT2D eigenvalue weighted by Gasteiger charge is -2.23. The van der Waals surface area contributed by atoms with Gasteiger partial charge in [0.25, 0.3) is 0 Å². The highest BCUT2D eigenvalue weighted by molar-refractivity contribution is 6.01. The summed E-state index contributed by atoms with van der Waals surface area (Å²) < 4.78 is 11.0. The zero-order valence-electron chi connectivity index (χ0n) is 12.5. The van der Waals surface area contributed by atoms with Crippen LogP contribution in [-0.2, 0) is 0 Å². The van der Waals surface area contributed by atoms with E-state index in [-0.39, 0.29) is 11.7 Å².